The van der Waals surface area contributed by atoms with Gasteiger partial charge in [-0.1, -0.05) is 0 Å². The smallest absolute Gasteiger partial charge is 0.328 e. The molecular formula is C10H8F2O3. The van der Waals surface area contributed by atoms with E-state index in [1.54, 1.807) is 0 Å². The number of hydrogen-bond donors (Lipinski definition) is 1. The van der Waals surface area contributed by atoms with Crippen molar-refractivity contribution in [2.45, 2.75) is 0 Å². The Morgan fingerprint density at radius 3 is 2.67 bits per heavy atom. The summed E-state index contributed by atoms with van der Waals surface area (Å²) in [7, 11) is 1.20. The van der Waals surface area contributed by atoms with Gasteiger partial charge in [0.1, 0.15) is 5.82 Å². The largest absolute Gasteiger partial charge is 0.494 e. The standard InChI is InChI=1S/C10H8F2O3/c1-15-8-5-7(11)4-6(10(8)12)2-3-9(13)14/h2-5H,1H3,(H,13,14)/b3-2+. The molecule has 15 heavy (non-hydrogen) atoms. The Balaban J connectivity index is 3.17. The van der Waals surface area contributed by atoms with Crippen molar-refractivity contribution in [1.82, 2.24) is 0 Å². The monoisotopic (exact) mass is 214 g/mol. The Hall–Kier alpha value is -1.91. The van der Waals surface area contributed by atoms with E-state index in [0.29, 0.717) is 0 Å². The summed E-state index contributed by atoms with van der Waals surface area (Å²) >= 11 is 0. The van der Waals surface area contributed by atoms with E-state index >= 15 is 0 Å². The van der Waals surface area contributed by atoms with Gasteiger partial charge in [0.15, 0.2) is 11.6 Å². The van der Waals surface area contributed by atoms with E-state index in [4.69, 9.17) is 5.11 Å². The Kier molecular flexibility index (Phi) is 3.38. The molecule has 0 aliphatic carbocycles. The second kappa shape index (κ2) is 4.54. The summed E-state index contributed by atoms with van der Waals surface area (Å²) in [5.41, 5.74) is -0.172. The maximum Gasteiger partial charge on any atom is 0.328 e. The molecule has 0 aliphatic rings. The normalized spacial score (nSPS) is 10.6. The van der Waals surface area contributed by atoms with Crippen LogP contribution in [0.25, 0.3) is 6.08 Å². The van der Waals surface area contributed by atoms with Gasteiger partial charge in [0.05, 0.1) is 7.11 Å². The van der Waals surface area contributed by atoms with Crippen LogP contribution in [0.2, 0.25) is 0 Å². The van der Waals surface area contributed by atoms with E-state index in [1.807, 2.05) is 0 Å². The molecule has 80 valence electrons. The summed E-state index contributed by atoms with van der Waals surface area (Å²) < 4.78 is 30.8. The van der Waals surface area contributed by atoms with Gasteiger partial charge in [-0.15, -0.1) is 0 Å². The summed E-state index contributed by atoms with van der Waals surface area (Å²) in [5.74, 6) is -2.99. The SMILES string of the molecule is COc1cc(F)cc(/C=C/C(=O)O)c1F. The molecule has 0 radical (unpaired) electrons. The lowest BCUT2D eigenvalue weighted by Crippen LogP contribution is -1.94. The second-order valence-electron chi connectivity index (χ2n) is 2.68. The average Bonchev–Trinajstić information content (AvgIpc) is 2.18. The molecule has 1 aromatic rings. The number of hydrogen-bond acceptors (Lipinski definition) is 2. The highest BCUT2D eigenvalue weighted by atomic mass is 19.1. The molecule has 3 nitrogen and oxygen atoms in total. The minimum atomic E-state index is -1.24. The van der Waals surface area contributed by atoms with Gasteiger partial charge in [-0.25, -0.2) is 13.6 Å². The number of carbonyl (C=O) groups is 1. The fourth-order valence-electron chi connectivity index (χ4n) is 1.02. The Bertz CT molecular complexity index is 413. The first-order valence-electron chi connectivity index (χ1n) is 3.98. The zero-order chi connectivity index (χ0) is 11.4. The van der Waals surface area contributed by atoms with E-state index < -0.39 is 17.6 Å². The van der Waals surface area contributed by atoms with E-state index in [2.05, 4.69) is 4.74 Å². The molecule has 0 heterocycles. The topological polar surface area (TPSA) is 46.5 Å². The lowest BCUT2D eigenvalue weighted by Gasteiger charge is -2.04. The van der Waals surface area contributed by atoms with Crippen molar-refractivity contribution in [3.63, 3.8) is 0 Å². The van der Waals surface area contributed by atoms with Crippen LogP contribution in [0, 0.1) is 11.6 Å². The molecule has 0 saturated heterocycles. The van der Waals surface area contributed by atoms with Crippen LogP contribution in [0.4, 0.5) is 8.78 Å². The number of carboxylic acids is 1. The number of halogens is 2. The van der Waals surface area contributed by atoms with E-state index in [1.165, 1.54) is 7.11 Å². The molecule has 0 bridgehead atoms. The zero-order valence-electron chi connectivity index (χ0n) is 7.83. The van der Waals surface area contributed by atoms with Crippen LogP contribution in [0.1, 0.15) is 5.56 Å². The van der Waals surface area contributed by atoms with Gasteiger partial charge in [0.25, 0.3) is 0 Å². The summed E-state index contributed by atoms with van der Waals surface area (Å²) in [6, 6.07) is 1.77. The molecule has 0 atom stereocenters. The molecule has 0 spiro atoms. The first-order valence-corrected chi connectivity index (χ1v) is 3.98. The quantitative estimate of drug-likeness (QED) is 0.783. The Morgan fingerprint density at radius 1 is 1.47 bits per heavy atom. The summed E-state index contributed by atoms with van der Waals surface area (Å²) in [4.78, 5) is 10.2. The number of aliphatic carboxylic acids is 1. The molecule has 0 amide bonds. The molecule has 1 aromatic carbocycles. The van der Waals surface area contributed by atoms with E-state index in [0.717, 1.165) is 24.3 Å². The van der Waals surface area contributed by atoms with Gasteiger partial charge in [-0.3, -0.25) is 0 Å². The Labute approximate surface area is 84.6 Å². The maximum absolute atomic E-state index is 13.4. The van der Waals surface area contributed by atoms with Gasteiger partial charge in [-0.2, -0.15) is 0 Å². The van der Waals surface area contributed by atoms with E-state index in [9.17, 15) is 13.6 Å². The molecule has 0 saturated carbocycles. The van der Waals surface area contributed by atoms with Crippen molar-refractivity contribution in [2.75, 3.05) is 7.11 Å². The number of carboxylic acid groups (broad SMARTS) is 1. The molecule has 0 unspecified atom stereocenters. The van der Waals surface area contributed by atoms with Gasteiger partial charge in [-0.05, 0) is 12.1 Å². The maximum atomic E-state index is 13.4. The average molecular weight is 214 g/mol. The third-order valence-electron chi connectivity index (χ3n) is 1.66. The summed E-state index contributed by atoms with van der Waals surface area (Å²) in [5, 5.41) is 8.33. The number of ether oxygens (including phenoxy) is 1. The molecule has 0 aliphatic heterocycles. The number of benzene rings is 1. The van der Waals surface area contributed by atoms with Crippen molar-refractivity contribution in [2.24, 2.45) is 0 Å². The van der Waals surface area contributed by atoms with Crippen molar-refractivity contribution in [1.29, 1.82) is 0 Å². The number of rotatable bonds is 3. The van der Waals surface area contributed by atoms with Gasteiger partial charge >= 0.3 is 5.97 Å². The van der Waals surface area contributed by atoms with Crippen LogP contribution in [0.15, 0.2) is 18.2 Å². The zero-order valence-corrected chi connectivity index (χ0v) is 7.83. The van der Waals surface area contributed by atoms with Crippen molar-refractivity contribution < 1.29 is 23.4 Å². The van der Waals surface area contributed by atoms with Crippen molar-refractivity contribution in [3.05, 3.63) is 35.4 Å². The summed E-state index contributed by atoms with van der Waals surface area (Å²) in [6.07, 6.45) is 1.68. The highest BCUT2D eigenvalue weighted by Crippen LogP contribution is 2.23. The van der Waals surface area contributed by atoms with Crippen LogP contribution in [-0.4, -0.2) is 18.2 Å². The van der Waals surface area contributed by atoms with E-state index in [-0.39, 0.29) is 11.3 Å². The van der Waals surface area contributed by atoms with Gasteiger partial charge in [0, 0.05) is 17.7 Å². The van der Waals surface area contributed by atoms with Crippen LogP contribution in [0.3, 0.4) is 0 Å². The fraction of sp³-hybridized carbons (Fsp3) is 0.100. The Morgan fingerprint density at radius 2 is 2.13 bits per heavy atom. The van der Waals surface area contributed by atoms with Crippen LogP contribution in [-0.2, 0) is 4.79 Å². The number of methoxy groups -OCH3 is 1. The molecule has 1 N–H and O–H groups in total. The molecular weight excluding hydrogens is 206 g/mol. The van der Waals surface area contributed by atoms with Crippen LogP contribution < -0.4 is 4.74 Å². The highest BCUT2D eigenvalue weighted by Gasteiger charge is 2.09. The van der Waals surface area contributed by atoms with Crippen molar-refractivity contribution in [3.8, 4) is 5.75 Å². The van der Waals surface area contributed by atoms with Crippen LogP contribution in [0.5, 0.6) is 5.75 Å². The minimum Gasteiger partial charge on any atom is -0.494 e. The van der Waals surface area contributed by atoms with Crippen molar-refractivity contribution >= 4 is 12.0 Å². The molecule has 1 rings (SSSR count). The lowest BCUT2D eigenvalue weighted by atomic mass is 10.1. The third kappa shape index (κ3) is 2.77. The highest BCUT2D eigenvalue weighted by molar-refractivity contribution is 5.85. The predicted octanol–water partition coefficient (Wildman–Crippen LogP) is 2.07. The van der Waals surface area contributed by atoms with Gasteiger partial charge in [0.2, 0.25) is 0 Å². The molecule has 0 fully saturated rings. The predicted molar refractivity (Wildman–Crippen MR) is 49.6 cm³/mol. The van der Waals surface area contributed by atoms with Crippen LogP contribution >= 0.6 is 0 Å². The minimum absolute atomic E-state index is 0.172. The second-order valence-corrected chi connectivity index (χ2v) is 2.68. The summed E-state index contributed by atoms with van der Waals surface area (Å²) in [6.45, 7) is 0. The van der Waals surface area contributed by atoms with Gasteiger partial charge < -0.3 is 9.84 Å². The first-order chi connectivity index (χ1) is 7.04. The third-order valence-corrected chi connectivity index (χ3v) is 1.66. The molecule has 0 aromatic heterocycles. The molecule has 5 heteroatoms. The lowest BCUT2D eigenvalue weighted by molar-refractivity contribution is -0.131. The fourth-order valence-corrected chi connectivity index (χ4v) is 1.02. The first kappa shape index (κ1) is 11.2.